The van der Waals surface area contributed by atoms with Crippen LogP contribution in [0, 0.1) is 6.92 Å². The number of hydrogen-bond acceptors (Lipinski definition) is 4. The minimum atomic E-state index is -0.271. The van der Waals surface area contributed by atoms with Gasteiger partial charge in [-0.3, -0.25) is 4.79 Å². The van der Waals surface area contributed by atoms with Crippen LogP contribution >= 0.6 is 0 Å². The predicted octanol–water partition coefficient (Wildman–Crippen LogP) is 0.978. The molecule has 0 aliphatic carbocycles. The molecule has 0 aliphatic rings. The highest BCUT2D eigenvalue weighted by Gasteiger charge is 2.15. The van der Waals surface area contributed by atoms with Gasteiger partial charge in [-0.15, -0.1) is 5.10 Å². The molecule has 0 bridgehead atoms. The van der Waals surface area contributed by atoms with Crippen LogP contribution in [0.2, 0.25) is 0 Å². The lowest BCUT2D eigenvalue weighted by atomic mass is 10.0. The van der Waals surface area contributed by atoms with Crippen molar-refractivity contribution in [3.05, 3.63) is 5.82 Å². The van der Waals surface area contributed by atoms with Crippen LogP contribution in [-0.4, -0.2) is 26.1 Å². The van der Waals surface area contributed by atoms with E-state index in [4.69, 9.17) is 5.73 Å². The molecule has 1 rings (SSSR count). The van der Waals surface area contributed by atoms with E-state index in [0.29, 0.717) is 12.8 Å². The number of amides is 1. The van der Waals surface area contributed by atoms with Gasteiger partial charge in [-0.2, -0.15) is 0 Å². The zero-order chi connectivity index (χ0) is 12.0. The van der Waals surface area contributed by atoms with Crippen molar-refractivity contribution < 1.29 is 4.79 Å². The van der Waals surface area contributed by atoms with Gasteiger partial charge in [0.05, 0.1) is 6.04 Å². The van der Waals surface area contributed by atoms with Gasteiger partial charge in [0.2, 0.25) is 5.91 Å². The molecule has 0 saturated carbocycles. The van der Waals surface area contributed by atoms with Crippen LogP contribution in [0.4, 0.5) is 0 Å². The smallest absolute Gasteiger partial charge is 0.217 e. The van der Waals surface area contributed by atoms with Gasteiger partial charge in [-0.1, -0.05) is 19.8 Å². The highest BCUT2D eigenvalue weighted by atomic mass is 16.1. The fraction of sp³-hybridized carbons (Fsp3) is 0.800. The molecule has 2 N–H and O–H groups in total. The Bertz CT molecular complexity index is 336. The lowest BCUT2D eigenvalue weighted by molar-refractivity contribution is -0.118. The Morgan fingerprint density at radius 1 is 1.50 bits per heavy atom. The molecule has 1 heterocycles. The Balaban J connectivity index is 2.63. The number of nitrogens with zero attached hydrogens (tertiary/aromatic N) is 4. The van der Waals surface area contributed by atoms with Crippen LogP contribution in [-0.2, 0) is 4.79 Å². The molecule has 0 aliphatic heterocycles. The van der Waals surface area contributed by atoms with E-state index in [-0.39, 0.29) is 11.9 Å². The number of aryl methyl sites for hydroxylation is 1. The van der Waals surface area contributed by atoms with E-state index in [1.54, 1.807) is 4.68 Å². The second-order valence-electron chi connectivity index (χ2n) is 3.97. The molecule has 0 saturated heterocycles. The first-order valence-electron chi connectivity index (χ1n) is 5.68. The Hall–Kier alpha value is -1.46. The summed E-state index contributed by atoms with van der Waals surface area (Å²) in [5, 5.41) is 11.4. The summed E-state index contributed by atoms with van der Waals surface area (Å²) < 4.78 is 1.79. The molecule has 0 spiro atoms. The quantitative estimate of drug-likeness (QED) is 0.749. The largest absolute Gasteiger partial charge is 0.370 e. The highest BCUT2D eigenvalue weighted by molar-refractivity contribution is 5.73. The molecule has 1 aromatic rings. The summed E-state index contributed by atoms with van der Waals surface area (Å²) in [6.07, 6.45) is 4.29. The van der Waals surface area contributed by atoms with Gasteiger partial charge in [0.25, 0.3) is 0 Å². The summed E-state index contributed by atoms with van der Waals surface area (Å²) >= 11 is 0. The number of carbonyl (C=O) groups is 1. The van der Waals surface area contributed by atoms with Crippen molar-refractivity contribution >= 4 is 5.91 Å². The summed E-state index contributed by atoms with van der Waals surface area (Å²) in [6.45, 7) is 4.00. The molecule has 1 atom stereocenters. The number of rotatable bonds is 7. The summed E-state index contributed by atoms with van der Waals surface area (Å²) in [5.74, 6) is 0.512. The SMILES string of the molecule is CCCCC(CCC(N)=O)n1nnnc1C. The minimum absolute atomic E-state index is 0.183. The zero-order valence-electron chi connectivity index (χ0n) is 9.89. The molecule has 1 amide bonds. The molecular formula is C10H19N5O. The first-order valence-corrected chi connectivity index (χ1v) is 5.68. The minimum Gasteiger partial charge on any atom is -0.370 e. The van der Waals surface area contributed by atoms with E-state index >= 15 is 0 Å². The van der Waals surface area contributed by atoms with Gasteiger partial charge in [0.15, 0.2) is 0 Å². The van der Waals surface area contributed by atoms with Gasteiger partial charge in [0.1, 0.15) is 5.82 Å². The maximum absolute atomic E-state index is 10.8. The van der Waals surface area contributed by atoms with Crippen LogP contribution in [0.1, 0.15) is 50.9 Å². The van der Waals surface area contributed by atoms with Crippen molar-refractivity contribution in [2.75, 3.05) is 0 Å². The number of nitrogens with two attached hydrogens (primary N) is 1. The van der Waals surface area contributed by atoms with Gasteiger partial charge in [0, 0.05) is 6.42 Å². The molecule has 0 radical (unpaired) electrons. The lowest BCUT2D eigenvalue weighted by Crippen LogP contribution is -2.17. The van der Waals surface area contributed by atoms with Gasteiger partial charge in [-0.05, 0) is 30.2 Å². The monoisotopic (exact) mass is 225 g/mol. The average Bonchev–Trinajstić information content (AvgIpc) is 2.65. The first kappa shape index (κ1) is 12.6. The third-order valence-corrected chi connectivity index (χ3v) is 2.62. The lowest BCUT2D eigenvalue weighted by Gasteiger charge is -2.16. The first-order chi connectivity index (χ1) is 7.65. The Morgan fingerprint density at radius 2 is 2.25 bits per heavy atom. The maximum atomic E-state index is 10.8. The van der Waals surface area contributed by atoms with Crippen molar-refractivity contribution in [3.8, 4) is 0 Å². The molecule has 0 fully saturated rings. The zero-order valence-corrected chi connectivity index (χ0v) is 9.89. The molecule has 16 heavy (non-hydrogen) atoms. The highest BCUT2D eigenvalue weighted by Crippen LogP contribution is 2.20. The molecule has 0 aromatic carbocycles. The van der Waals surface area contributed by atoms with E-state index in [2.05, 4.69) is 22.4 Å². The van der Waals surface area contributed by atoms with Crippen molar-refractivity contribution in [2.45, 2.75) is 52.0 Å². The van der Waals surface area contributed by atoms with E-state index in [0.717, 1.165) is 25.1 Å². The van der Waals surface area contributed by atoms with E-state index in [1.807, 2.05) is 6.92 Å². The topological polar surface area (TPSA) is 86.7 Å². The molecule has 6 nitrogen and oxygen atoms in total. The van der Waals surface area contributed by atoms with Crippen LogP contribution in [0.15, 0.2) is 0 Å². The number of primary amides is 1. The Morgan fingerprint density at radius 3 is 2.75 bits per heavy atom. The van der Waals surface area contributed by atoms with E-state index < -0.39 is 0 Å². The van der Waals surface area contributed by atoms with Crippen molar-refractivity contribution in [2.24, 2.45) is 5.73 Å². The molecule has 90 valence electrons. The van der Waals surface area contributed by atoms with Crippen LogP contribution < -0.4 is 5.73 Å². The third kappa shape index (κ3) is 3.60. The van der Waals surface area contributed by atoms with Crippen LogP contribution in [0.25, 0.3) is 0 Å². The summed E-state index contributed by atoms with van der Waals surface area (Å²) in [4.78, 5) is 10.8. The van der Waals surface area contributed by atoms with E-state index in [9.17, 15) is 4.79 Å². The molecular weight excluding hydrogens is 206 g/mol. The van der Waals surface area contributed by atoms with Crippen LogP contribution in [0.3, 0.4) is 0 Å². The molecule has 6 heteroatoms. The maximum Gasteiger partial charge on any atom is 0.217 e. The number of carbonyl (C=O) groups excluding carboxylic acids is 1. The number of tetrazole rings is 1. The van der Waals surface area contributed by atoms with Gasteiger partial charge in [-0.25, -0.2) is 4.68 Å². The summed E-state index contributed by atoms with van der Waals surface area (Å²) in [5.41, 5.74) is 5.16. The number of unbranched alkanes of at least 4 members (excludes halogenated alkanes) is 1. The van der Waals surface area contributed by atoms with Gasteiger partial charge < -0.3 is 5.73 Å². The Labute approximate surface area is 95.2 Å². The fourth-order valence-corrected chi connectivity index (χ4v) is 1.71. The summed E-state index contributed by atoms with van der Waals surface area (Å²) in [7, 11) is 0. The van der Waals surface area contributed by atoms with Crippen molar-refractivity contribution in [3.63, 3.8) is 0 Å². The number of hydrogen-bond donors (Lipinski definition) is 1. The summed E-state index contributed by atoms with van der Waals surface area (Å²) in [6, 6.07) is 0.183. The predicted molar refractivity (Wildman–Crippen MR) is 59.5 cm³/mol. The van der Waals surface area contributed by atoms with Crippen molar-refractivity contribution in [1.82, 2.24) is 20.2 Å². The van der Waals surface area contributed by atoms with Crippen molar-refractivity contribution in [1.29, 1.82) is 0 Å². The van der Waals surface area contributed by atoms with E-state index in [1.165, 1.54) is 0 Å². The molecule has 1 unspecified atom stereocenters. The second kappa shape index (κ2) is 6.19. The standard InChI is InChI=1S/C10H19N5O/c1-3-4-5-9(6-7-10(11)16)15-8(2)12-13-14-15/h9H,3-7H2,1-2H3,(H2,11,16). The normalized spacial score (nSPS) is 12.6. The molecule has 1 aromatic heterocycles. The Kier molecular flexibility index (Phi) is 4.88. The van der Waals surface area contributed by atoms with Crippen LogP contribution in [0.5, 0.6) is 0 Å². The number of aromatic nitrogens is 4. The third-order valence-electron chi connectivity index (χ3n) is 2.62. The fourth-order valence-electron chi connectivity index (χ4n) is 1.71. The average molecular weight is 225 g/mol. The second-order valence-corrected chi connectivity index (χ2v) is 3.97. The van der Waals surface area contributed by atoms with Gasteiger partial charge >= 0.3 is 0 Å².